The van der Waals surface area contributed by atoms with E-state index in [0.29, 0.717) is 5.69 Å². The van der Waals surface area contributed by atoms with Crippen LogP contribution in [0.5, 0.6) is 0 Å². The molecule has 0 atom stereocenters. The summed E-state index contributed by atoms with van der Waals surface area (Å²) in [6.45, 7) is 6.82. The zero-order valence-corrected chi connectivity index (χ0v) is 12.7. The second-order valence-electron chi connectivity index (χ2n) is 5.21. The van der Waals surface area contributed by atoms with Crippen LogP contribution < -0.4 is 5.32 Å². The van der Waals surface area contributed by atoms with Gasteiger partial charge in [-0.15, -0.1) is 0 Å². The molecule has 20 heavy (non-hydrogen) atoms. The van der Waals surface area contributed by atoms with Gasteiger partial charge in [0.05, 0.1) is 17.5 Å². The van der Waals surface area contributed by atoms with Gasteiger partial charge in [-0.1, -0.05) is 12.8 Å². The number of hydrogen-bond acceptors (Lipinski definition) is 3. The molecule has 0 bridgehead atoms. The van der Waals surface area contributed by atoms with Crippen molar-refractivity contribution in [1.29, 1.82) is 0 Å². The first-order valence-electron chi connectivity index (χ1n) is 6.84. The molecule has 0 aliphatic carbocycles. The average molecular weight is 277 g/mol. The fourth-order valence-electron chi connectivity index (χ4n) is 1.47. The van der Waals surface area contributed by atoms with Gasteiger partial charge in [0.1, 0.15) is 0 Å². The maximum absolute atomic E-state index is 11.5. The lowest BCUT2D eigenvalue weighted by Crippen LogP contribution is -2.24. The number of methoxy groups -OCH3 is 1. The van der Waals surface area contributed by atoms with Crippen LogP contribution in [0, 0.1) is 11.8 Å². The van der Waals surface area contributed by atoms with Gasteiger partial charge in [0.15, 0.2) is 0 Å². The summed E-state index contributed by atoms with van der Waals surface area (Å²) in [7, 11) is 1.70. The van der Waals surface area contributed by atoms with Crippen LogP contribution in [0.4, 0.5) is 5.69 Å². The van der Waals surface area contributed by atoms with Crippen LogP contribution in [-0.4, -0.2) is 28.4 Å². The number of rotatable bonds is 6. The molecule has 0 aliphatic heterocycles. The van der Waals surface area contributed by atoms with Gasteiger partial charge in [-0.05, 0) is 32.6 Å². The largest absolute Gasteiger partial charge is 0.379 e. The summed E-state index contributed by atoms with van der Waals surface area (Å²) in [5.41, 5.74) is 0.483. The highest BCUT2D eigenvalue weighted by atomic mass is 16.5. The molecule has 1 amide bonds. The smallest absolute Gasteiger partial charge is 0.300 e. The fourth-order valence-corrected chi connectivity index (χ4v) is 1.47. The minimum absolute atomic E-state index is 0.180. The van der Waals surface area contributed by atoms with Crippen LogP contribution in [0.15, 0.2) is 12.4 Å². The molecule has 1 rings (SSSR count). The number of aromatic nitrogens is 2. The van der Waals surface area contributed by atoms with Crippen molar-refractivity contribution in [2.24, 2.45) is 0 Å². The Kier molecular flexibility index (Phi) is 6.26. The SMILES string of the molecule is CCCC#CC(=O)Nc1cnn(CCC(C)(C)OC)c1. The van der Waals surface area contributed by atoms with Crippen LogP contribution in [0.2, 0.25) is 0 Å². The fraction of sp³-hybridized carbons (Fsp3) is 0.600. The van der Waals surface area contributed by atoms with E-state index in [-0.39, 0.29) is 11.5 Å². The van der Waals surface area contributed by atoms with Crippen LogP contribution in [0.3, 0.4) is 0 Å². The van der Waals surface area contributed by atoms with Gasteiger partial charge >= 0.3 is 0 Å². The summed E-state index contributed by atoms with van der Waals surface area (Å²) in [6.07, 6.45) is 5.95. The van der Waals surface area contributed by atoms with E-state index in [1.54, 1.807) is 24.2 Å². The lowest BCUT2D eigenvalue weighted by molar-refractivity contribution is -0.111. The molecule has 0 saturated heterocycles. The van der Waals surface area contributed by atoms with Crippen LogP contribution >= 0.6 is 0 Å². The maximum Gasteiger partial charge on any atom is 0.300 e. The minimum atomic E-state index is -0.296. The Morgan fingerprint density at radius 1 is 1.55 bits per heavy atom. The molecule has 0 aliphatic rings. The van der Waals surface area contributed by atoms with Gasteiger partial charge in [0.2, 0.25) is 0 Å². The number of aryl methyl sites for hydroxylation is 1. The highest BCUT2D eigenvalue weighted by Gasteiger charge is 2.16. The van der Waals surface area contributed by atoms with Crippen molar-refractivity contribution in [1.82, 2.24) is 9.78 Å². The first kappa shape index (κ1) is 16.3. The molecule has 0 aromatic carbocycles. The first-order chi connectivity index (χ1) is 9.46. The molecule has 0 spiro atoms. The van der Waals surface area contributed by atoms with E-state index < -0.39 is 0 Å². The standard InChI is InChI=1S/C15H23N3O2/c1-5-6-7-8-14(19)17-13-11-16-18(12-13)10-9-15(2,3)20-4/h11-12H,5-6,9-10H2,1-4H3,(H,17,19). The number of nitrogens with one attached hydrogen (secondary N) is 1. The van der Waals surface area contributed by atoms with Crippen molar-refractivity contribution in [3.63, 3.8) is 0 Å². The van der Waals surface area contributed by atoms with Gasteiger partial charge in [0, 0.05) is 26.3 Å². The number of unbranched alkanes of at least 4 members (excludes halogenated alkanes) is 1. The molecule has 110 valence electrons. The van der Waals surface area contributed by atoms with Crippen molar-refractivity contribution in [3.05, 3.63) is 12.4 Å². The predicted molar refractivity (Wildman–Crippen MR) is 79.2 cm³/mol. The van der Waals surface area contributed by atoms with E-state index in [9.17, 15) is 4.79 Å². The van der Waals surface area contributed by atoms with E-state index in [1.807, 2.05) is 20.8 Å². The van der Waals surface area contributed by atoms with E-state index in [0.717, 1.165) is 25.8 Å². The molecule has 5 heteroatoms. The number of ether oxygens (including phenoxy) is 1. The Balaban J connectivity index is 2.48. The van der Waals surface area contributed by atoms with E-state index in [2.05, 4.69) is 22.3 Å². The highest BCUT2D eigenvalue weighted by molar-refractivity contribution is 6.03. The third-order valence-electron chi connectivity index (χ3n) is 2.96. The molecule has 5 nitrogen and oxygen atoms in total. The Morgan fingerprint density at radius 3 is 2.95 bits per heavy atom. The molecular weight excluding hydrogens is 254 g/mol. The molecule has 1 aromatic heterocycles. The van der Waals surface area contributed by atoms with Crippen LogP contribution in [-0.2, 0) is 16.1 Å². The molecule has 0 unspecified atom stereocenters. The molecule has 0 fully saturated rings. The lowest BCUT2D eigenvalue weighted by Gasteiger charge is -2.22. The van der Waals surface area contributed by atoms with Crippen LogP contribution in [0.25, 0.3) is 0 Å². The normalized spacial score (nSPS) is 10.8. The summed E-state index contributed by atoms with van der Waals surface area (Å²) in [6, 6.07) is 0. The minimum Gasteiger partial charge on any atom is -0.379 e. The number of nitrogens with zero attached hydrogens (tertiary/aromatic N) is 2. The number of hydrogen-bond donors (Lipinski definition) is 1. The van der Waals surface area contributed by atoms with E-state index >= 15 is 0 Å². The number of anilines is 1. The first-order valence-corrected chi connectivity index (χ1v) is 6.84. The van der Waals surface area contributed by atoms with Gasteiger partial charge in [-0.3, -0.25) is 9.48 Å². The molecule has 0 saturated carbocycles. The Morgan fingerprint density at radius 2 is 2.30 bits per heavy atom. The Labute approximate surface area is 120 Å². The Hall–Kier alpha value is -1.80. The van der Waals surface area contributed by atoms with Gasteiger partial charge in [0.25, 0.3) is 5.91 Å². The maximum atomic E-state index is 11.5. The summed E-state index contributed by atoms with van der Waals surface area (Å²) in [5.74, 6) is 5.06. The van der Waals surface area contributed by atoms with Crippen molar-refractivity contribution in [3.8, 4) is 11.8 Å². The highest BCUT2D eigenvalue weighted by Crippen LogP contribution is 2.14. The second kappa shape index (κ2) is 7.71. The van der Waals surface area contributed by atoms with Gasteiger partial charge in [-0.2, -0.15) is 5.10 Å². The average Bonchev–Trinajstić information content (AvgIpc) is 2.84. The van der Waals surface area contributed by atoms with Crippen molar-refractivity contribution >= 4 is 11.6 Å². The van der Waals surface area contributed by atoms with E-state index in [1.165, 1.54) is 0 Å². The van der Waals surface area contributed by atoms with E-state index in [4.69, 9.17) is 4.74 Å². The lowest BCUT2D eigenvalue weighted by atomic mass is 10.1. The summed E-state index contributed by atoms with van der Waals surface area (Å²) >= 11 is 0. The monoisotopic (exact) mass is 277 g/mol. The zero-order chi connectivity index (χ0) is 15.0. The third kappa shape index (κ3) is 5.89. The van der Waals surface area contributed by atoms with Crippen LogP contribution in [0.1, 0.15) is 40.0 Å². The summed E-state index contributed by atoms with van der Waals surface area (Å²) < 4.78 is 7.14. The third-order valence-corrected chi connectivity index (χ3v) is 2.96. The number of carbonyl (C=O) groups excluding carboxylic acids is 1. The number of carbonyl (C=O) groups is 1. The zero-order valence-electron chi connectivity index (χ0n) is 12.7. The van der Waals surface area contributed by atoms with Gasteiger partial charge in [-0.25, -0.2) is 0 Å². The van der Waals surface area contributed by atoms with Gasteiger partial charge < -0.3 is 10.1 Å². The second-order valence-corrected chi connectivity index (χ2v) is 5.21. The molecule has 0 radical (unpaired) electrons. The quantitative estimate of drug-likeness (QED) is 0.813. The molecular formula is C15H23N3O2. The summed E-state index contributed by atoms with van der Waals surface area (Å²) in [5, 5.41) is 6.91. The number of amides is 1. The topological polar surface area (TPSA) is 56.2 Å². The Bertz CT molecular complexity index is 495. The predicted octanol–water partition coefficient (Wildman–Crippen LogP) is 2.44. The molecule has 1 heterocycles. The summed E-state index contributed by atoms with van der Waals surface area (Å²) in [4.78, 5) is 11.5. The van der Waals surface area contributed by atoms with Crippen molar-refractivity contribution in [2.75, 3.05) is 12.4 Å². The van der Waals surface area contributed by atoms with Crippen molar-refractivity contribution < 1.29 is 9.53 Å². The van der Waals surface area contributed by atoms with Crippen molar-refractivity contribution in [2.45, 2.75) is 52.2 Å². The molecule has 1 aromatic rings. The molecule has 1 N–H and O–H groups in total.